The Balaban J connectivity index is 1.66. The molecule has 3 saturated carbocycles. The molecular weight excluding hydrogens is 512 g/mol. The fourth-order valence-electron chi connectivity index (χ4n) is 9.29. The second kappa shape index (κ2) is 8.92. The maximum absolute atomic E-state index is 12.4. The largest absolute Gasteiger partial charge is 0.504 e. The minimum Gasteiger partial charge on any atom is -0.504 e. The predicted octanol–water partition coefficient (Wildman–Crippen LogP) is 7.35. The third kappa shape index (κ3) is 3.88. The zero-order valence-corrected chi connectivity index (χ0v) is 25.0. The molecule has 3 fully saturated rings. The Kier molecular flexibility index (Phi) is 6.49. The van der Waals surface area contributed by atoms with Crippen LogP contribution in [0.4, 0.5) is 0 Å². The highest BCUT2D eigenvalue weighted by Gasteiger charge is 2.67. The highest BCUT2D eigenvalue weighted by atomic mass is 32.2. The van der Waals surface area contributed by atoms with Crippen LogP contribution >= 0.6 is 11.8 Å². The highest BCUT2D eigenvalue weighted by Crippen LogP contribution is 2.75. The summed E-state index contributed by atoms with van der Waals surface area (Å²) in [5.74, 6) is -1.00. The van der Waals surface area contributed by atoms with E-state index in [1.54, 1.807) is 17.8 Å². The van der Waals surface area contributed by atoms with Crippen molar-refractivity contribution in [3.05, 3.63) is 34.4 Å². The fourth-order valence-corrected chi connectivity index (χ4v) is 10.5. The van der Waals surface area contributed by atoms with Crippen molar-refractivity contribution in [2.75, 3.05) is 5.75 Å². The van der Waals surface area contributed by atoms with Crippen LogP contribution in [0, 0.1) is 34.5 Å². The van der Waals surface area contributed by atoms with E-state index in [-0.39, 0.29) is 50.7 Å². The number of phenols is 2. The zero-order valence-electron chi connectivity index (χ0n) is 24.2. The van der Waals surface area contributed by atoms with Crippen LogP contribution in [0.1, 0.15) is 108 Å². The van der Waals surface area contributed by atoms with Crippen LogP contribution in [0.25, 0.3) is 0 Å². The van der Waals surface area contributed by atoms with Gasteiger partial charge in [-0.2, -0.15) is 0 Å². The number of hydrogen-bond donors (Lipinski definition) is 4. The van der Waals surface area contributed by atoms with E-state index in [0.29, 0.717) is 17.7 Å². The number of aliphatic carboxylic acids is 2. The second-order valence-electron chi connectivity index (χ2n) is 14.2. The Morgan fingerprint density at radius 3 is 2.28 bits per heavy atom. The molecular formula is C32H44O6S. The average molecular weight is 557 g/mol. The number of rotatable bonds is 5. The van der Waals surface area contributed by atoms with Crippen LogP contribution < -0.4 is 0 Å². The van der Waals surface area contributed by atoms with E-state index in [0.717, 1.165) is 49.7 Å². The van der Waals surface area contributed by atoms with Crippen molar-refractivity contribution in [2.24, 2.45) is 27.6 Å². The monoisotopic (exact) mass is 556 g/mol. The van der Waals surface area contributed by atoms with E-state index in [2.05, 4.69) is 33.8 Å². The summed E-state index contributed by atoms with van der Waals surface area (Å²) < 4.78 is 0. The van der Waals surface area contributed by atoms with Gasteiger partial charge in [0.1, 0.15) is 0 Å². The van der Waals surface area contributed by atoms with Crippen molar-refractivity contribution in [2.45, 2.75) is 104 Å². The number of fused-ring (bicyclic) bond motifs is 7. The van der Waals surface area contributed by atoms with Crippen LogP contribution in [0.15, 0.2) is 17.7 Å². The Hall–Kier alpha value is -2.15. The summed E-state index contributed by atoms with van der Waals surface area (Å²) in [6.45, 7) is 13.2. The van der Waals surface area contributed by atoms with E-state index in [1.165, 1.54) is 5.57 Å². The quantitative estimate of drug-likeness (QED) is 0.221. The number of phenolic OH excluding ortho intramolecular Hbond substituents is 2. The molecule has 214 valence electrons. The van der Waals surface area contributed by atoms with E-state index in [4.69, 9.17) is 0 Å². The number of allylic oxidation sites excluding steroid dienone is 1. The number of thioether (sulfide) groups is 1. The van der Waals surface area contributed by atoms with Gasteiger partial charge in [-0.25, -0.2) is 0 Å². The van der Waals surface area contributed by atoms with Crippen molar-refractivity contribution in [1.82, 2.24) is 0 Å². The van der Waals surface area contributed by atoms with Crippen molar-refractivity contribution in [1.29, 1.82) is 0 Å². The first kappa shape index (κ1) is 28.4. The maximum atomic E-state index is 12.4. The van der Waals surface area contributed by atoms with Gasteiger partial charge in [0.2, 0.25) is 0 Å². The minimum atomic E-state index is -0.830. The minimum absolute atomic E-state index is 0.0588. The summed E-state index contributed by atoms with van der Waals surface area (Å²) in [6.07, 6.45) is 8.68. The normalized spacial score (nSPS) is 40.9. The van der Waals surface area contributed by atoms with Gasteiger partial charge in [-0.3, -0.25) is 9.59 Å². The van der Waals surface area contributed by atoms with Crippen molar-refractivity contribution in [3.63, 3.8) is 0 Å². The lowest BCUT2D eigenvalue weighted by Crippen LogP contribution is -2.62. The number of benzene rings is 1. The van der Waals surface area contributed by atoms with Crippen LogP contribution in [-0.4, -0.2) is 38.1 Å². The molecule has 1 aromatic rings. The molecule has 0 aliphatic heterocycles. The Bertz CT molecular complexity index is 1270. The van der Waals surface area contributed by atoms with Gasteiger partial charge in [0.25, 0.3) is 0 Å². The molecule has 7 atom stereocenters. The second-order valence-corrected chi connectivity index (χ2v) is 15.5. The Morgan fingerprint density at radius 2 is 1.64 bits per heavy atom. The third-order valence-corrected chi connectivity index (χ3v) is 13.4. The summed E-state index contributed by atoms with van der Waals surface area (Å²) in [6, 6.07) is 1.75. The van der Waals surface area contributed by atoms with Gasteiger partial charge >= 0.3 is 11.9 Å². The summed E-state index contributed by atoms with van der Waals surface area (Å²) in [4.78, 5) is 23.7. The van der Waals surface area contributed by atoms with Gasteiger partial charge in [-0.15, -0.1) is 11.8 Å². The molecule has 6 nitrogen and oxygen atoms in total. The number of carboxylic acids is 2. The van der Waals surface area contributed by atoms with Gasteiger partial charge in [0.15, 0.2) is 11.5 Å². The summed E-state index contributed by atoms with van der Waals surface area (Å²) in [5.41, 5.74) is 2.84. The molecule has 4 aliphatic rings. The molecule has 0 saturated heterocycles. The molecule has 0 radical (unpaired) electrons. The first-order valence-corrected chi connectivity index (χ1v) is 15.4. The zero-order chi connectivity index (χ0) is 28.8. The van der Waals surface area contributed by atoms with Crippen LogP contribution in [0.5, 0.6) is 11.5 Å². The molecule has 0 spiro atoms. The molecule has 0 bridgehead atoms. The number of carboxylic acid groups (broad SMARTS) is 2. The van der Waals surface area contributed by atoms with Crippen molar-refractivity contribution >= 4 is 23.7 Å². The molecule has 1 aromatic carbocycles. The third-order valence-electron chi connectivity index (χ3n) is 12.2. The predicted molar refractivity (Wildman–Crippen MR) is 153 cm³/mol. The summed E-state index contributed by atoms with van der Waals surface area (Å²) in [7, 11) is 0. The summed E-state index contributed by atoms with van der Waals surface area (Å²) >= 11 is 1.59. The lowest BCUT2D eigenvalue weighted by Gasteiger charge is -2.70. The number of aromatic hydroxyl groups is 2. The molecule has 4 aliphatic carbocycles. The lowest BCUT2D eigenvalue weighted by atomic mass is 9.34. The topological polar surface area (TPSA) is 115 Å². The average Bonchev–Trinajstić information content (AvgIpc) is 2.86. The number of hydrogen-bond acceptors (Lipinski definition) is 5. The smallest absolute Gasteiger partial charge is 0.309 e. The van der Waals surface area contributed by atoms with Crippen molar-refractivity contribution < 1.29 is 30.0 Å². The molecule has 2 unspecified atom stereocenters. The standard InChI is InChI=1S/C32H44O6S/c1-18-25-19(15-20(33)26(18)36)30(4)11-13-32(6)23-17-29(3,27(37)38)9-8-28(23,2)10-12-31(32,5)22(30)16-21(25)39-14-7-24(34)35/h15-16,21,23,33,36H,7-14,17H2,1-6H3,(H,34,35)(H,37,38)/t21?,23-,28?,29-,30+,31-,32+/m1/s1. The van der Waals surface area contributed by atoms with Gasteiger partial charge in [0.05, 0.1) is 11.8 Å². The lowest BCUT2D eigenvalue weighted by molar-refractivity contribution is -0.177. The fraction of sp³-hybridized carbons (Fsp3) is 0.688. The first-order chi connectivity index (χ1) is 18.0. The highest BCUT2D eigenvalue weighted by molar-refractivity contribution is 7.99. The van der Waals surface area contributed by atoms with Gasteiger partial charge in [-0.1, -0.05) is 39.3 Å². The molecule has 0 aromatic heterocycles. The van der Waals surface area contributed by atoms with E-state index >= 15 is 0 Å². The summed E-state index contributed by atoms with van der Waals surface area (Å²) in [5, 5.41) is 40.8. The van der Waals surface area contributed by atoms with Crippen LogP contribution in [0.3, 0.4) is 0 Å². The van der Waals surface area contributed by atoms with Crippen molar-refractivity contribution in [3.8, 4) is 11.5 Å². The molecule has 0 heterocycles. The Morgan fingerprint density at radius 1 is 0.974 bits per heavy atom. The Labute approximate surface area is 236 Å². The molecule has 0 amide bonds. The van der Waals surface area contributed by atoms with Gasteiger partial charge in [-0.05, 0) is 104 Å². The molecule has 4 N–H and O–H groups in total. The molecule has 5 rings (SSSR count). The van der Waals surface area contributed by atoms with Crippen LogP contribution in [0.2, 0.25) is 0 Å². The van der Waals surface area contributed by atoms with Gasteiger partial charge in [0, 0.05) is 16.4 Å². The van der Waals surface area contributed by atoms with Crippen LogP contribution in [-0.2, 0) is 15.0 Å². The maximum Gasteiger partial charge on any atom is 0.309 e. The SMILES string of the molecule is Cc1c(O)c(O)cc2c1C(SCCC(=O)O)C=C1[C@@]2(C)CC[C@@]2(C)[C@@H]3C[C@](C)(C(=O)O)CCC3(C)CC[C@]12C. The van der Waals surface area contributed by atoms with E-state index < -0.39 is 17.4 Å². The van der Waals surface area contributed by atoms with E-state index in [1.807, 2.05) is 13.8 Å². The van der Waals surface area contributed by atoms with E-state index in [9.17, 15) is 30.0 Å². The number of carbonyl (C=O) groups is 2. The van der Waals surface area contributed by atoms with Gasteiger partial charge < -0.3 is 20.4 Å². The molecule has 7 heteroatoms. The molecule has 39 heavy (non-hydrogen) atoms. The first-order valence-electron chi connectivity index (χ1n) is 14.4.